The van der Waals surface area contributed by atoms with Gasteiger partial charge in [-0.1, -0.05) is 11.6 Å². The van der Waals surface area contributed by atoms with Gasteiger partial charge in [0.2, 0.25) is 5.88 Å². The standard InChI is InChI=1S/C21H18ClN9O3/c1-11-15(10-26-21-17(11)23-6-7-34-21)30-14-2-3-24-19(32)16(14)20(33)29-12-8-13(22)18(25-9-12)31-27-4-5-28-31/h2-5,8-10,23H,6-7H2,1H3,(H,29,33)(H2,24,30,32). The van der Waals surface area contributed by atoms with E-state index in [1.165, 1.54) is 35.7 Å². The Morgan fingerprint density at radius 3 is 2.82 bits per heavy atom. The van der Waals surface area contributed by atoms with Gasteiger partial charge in [0.1, 0.15) is 17.9 Å². The average Bonchev–Trinajstić information content (AvgIpc) is 3.36. The van der Waals surface area contributed by atoms with Crippen LogP contribution in [0.5, 0.6) is 5.88 Å². The Bertz CT molecular complexity index is 1440. The normalized spacial score (nSPS) is 12.3. The fourth-order valence-electron chi connectivity index (χ4n) is 3.47. The van der Waals surface area contributed by atoms with Crippen molar-refractivity contribution in [2.45, 2.75) is 6.92 Å². The van der Waals surface area contributed by atoms with E-state index in [-0.39, 0.29) is 10.6 Å². The number of H-pyrrole nitrogens is 1. The molecule has 4 aromatic rings. The van der Waals surface area contributed by atoms with E-state index in [0.29, 0.717) is 41.9 Å². The molecule has 0 fully saturated rings. The van der Waals surface area contributed by atoms with Crippen LogP contribution in [0.4, 0.5) is 22.7 Å². The van der Waals surface area contributed by atoms with Crippen molar-refractivity contribution in [3.05, 3.63) is 69.6 Å². The van der Waals surface area contributed by atoms with E-state index in [2.05, 4.69) is 41.1 Å². The second kappa shape index (κ2) is 8.83. The van der Waals surface area contributed by atoms with Crippen molar-refractivity contribution in [3.63, 3.8) is 0 Å². The highest BCUT2D eigenvalue weighted by molar-refractivity contribution is 6.32. The summed E-state index contributed by atoms with van der Waals surface area (Å²) < 4.78 is 5.55. The van der Waals surface area contributed by atoms with Gasteiger partial charge in [0.25, 0.3) is 11.5 Å². The molecule has 0 saturated heterocycles. The molecule has 0 aromatic carbocycles. The van der Waals surface area contributed by atoms with Gasteiger partial charge in [0, 0.05) is 18.3 Å². The zero-order valence-electron chi connectivity index (χ0n) is 17.8. The number of aromatic amines is 1. The van der Waals surface area contributed by atoms with Crippen LogP contribution in [0.3, 0.4) is 0 Å². The Morgan fingerprint density at radius 1 is 1.21 bits per heavy atom. The van der Waals surface area contributed by atoms with Crippen LogP contribution in [0.1, 0.15) is 15.9 Å². The molecule has 0 spiro atoms. The van der Waals surface area contributed by atoms with Crippen LogP contribution in [-0.2, 0) is 0 Å². The third-order valence-electron chi connectivity index (χ3n) is 5.09. The lowest BCUT2D eigenvalue weighted by molar-refractivity contribution is 0.102. The Balaban J connectivity index is 1.42. The van der Waals surface area contributed by atoms with Crippen molar-refractivity contribution >= 4 is 40.3 Å². The molecule has 13 heteroatoms. The second-order valence-electron chi connectivity index (χ2n) is 7.27. The first kappa shape index (κ1) is 21.4. The summed E-state index contributed by atoms with van der Waals surface area (Å²) in [4.78, 5) is 38.0. The Hall–Kier alpha value is -4.45. The highest BCUT2D eigenvalue weighted by atomic mass is 35.5. The molecular weight excluding hydrogens is 462 g/mol. The fraction of sp³-hybridized carbons (Fsp3) is 0.143. The number of rotatable bonds is 5. The van der Waals surface area contributed by atoms with Crippen LogP contribution < -0.4 is 26.2 Å². The second-order valence-corrected chi connectivity index (χ2v) is 7.68. The SMILES string of the molecule is Cc1c(Nc2cc[nH]c(=O)c2C(=O)Nc2cnc(-n3nccn3)c(Cl)c2)cnc2c1NCCO2. The van der Waals surface area contributed by atoms with Gasteiger partial charge in [0.05, 0.1) is 46.9 Å². The summed E-state index contributed by atoms with van der Waals surface area (Å²) in [5.41, 5.74) is 2.15. The van der Waals surface area contributed by atoms with E-state index < -0.39 is 11.5 Å². The van der Waals surface area contributed by atoms with Crippen molar-refractivity contribution in [2.24, 2.45) is 0 Å². The number of carbonyl (C=O) groups excluding carboxylic acids is 1. The van der Waals surface area contributed by atoms with Gasteiger partial charge >= 0.3 is 0 Å². The number of aromatic nitrogens is 6. The lowest BCUT2D eigenvalue weighted by Crippen LogP contribution is -2.25. The molecule has 5 rings (SSSR count). The van der Waals surface area contributed by atoms with Crippen LogP contribution in [0.2, 0.25) is 5.02 Å². The molecular formula is C21H18ClN9O3. The number of hydrogen-bond donors (Lipinski definition) is 4. The van der Waals surface area contributed by atoms with Gasteiger partial charge in [-0.05, 0) is 19.1 Å². The number of hydrogen-bond acceptors (Lipinski definition) is 9. The predicted octanol–water partition coefficient (Wildman–Crippen LogP) is 2.51. The van der Waals surface area contributed by atoms with Crippen LogP contribution in [0.15, 0.2) is 47.9 Å². The monoisotopic (exact) mass is 479 g/mol. The van der Waals surface area contributed by atoms with Crippen molar-refractivity contribution in [2.75, 3.05) is 29.1 Å². The molecule has 5 heterocycles. The minimum absolute atomic E-state index is 0.113. The van der Waals surface area contributed by atoms with Crippen molar-refractivity contribution in [1.29, 1.82) is 0 Å². The number of nitrogens with one attached hydrogen (secondary N) is 4. The van der Waals surface area contributed by atoms with E-state index in [1.807, 2.05) is 6.92 Å². The zero-order valence-corrected chi connectivity index (χ0v) is 18.6. The molecule has 0 unspecified atom stereocenters. The lowest BCUT2D eigenvalue weighted by atomic mass is 10.1. The summed E-state index contributed by atoms with van der Waals surface area (Å²) in [5, 5.41) is 17.2. The quantitative estimate of drug-likeness (QED) is 0.338. The number of nitrogens with zero attached hydrogens (tertiary/aromatic N) is 5. The lowest BCUT2D eigenvalue weighted by Gasteiger charge is -2.22. The highest BCUT2D eigenvalue weighted by Crippen LogP contribution is 2.34. The minimum Gasteiger partial charge on any atom is -0.474 e. The molecule has 12 nitrogen and oxygen atoms in total. The average molecular weight is 480 g/mol. The smallest absolute Gasteiger partial charge is 0.263 e. The summed E-state index contributed by atoms with van der Waals surface area (Å²) in [7, 11) is 0. The summed E-state index contributed by atoms with van der Waals surface area (Å²) in [6.45, 7) is 3.08. The number of amides is 1. The third kappa shape index (κ3) is 4.01. The minimum atomic E-state index is -0.641. The first-order valence-electron chi connectivity index (χ1n) is 10.2. The molecule has 1 amide bonds. The van der Waals surface area contributed by atoms with Crippen molar-refractivity contribution in [3.8, 4) is 11.7 Å². The van der Waals surface area contributed by atoms with Crippen molar-refractivity contribution in [1.82, 2.24) is 29.9 Å². The number of anilines is 4. The van der Waals surface area contributed by atoms with Crippen LogP contribution in [0, 0.1) is 6.92 Å². The molecule has 0 atom stereocenters. The maximum atomic E-state index is 13.1. The summed E-state index contributed by atoms with van der Waals surface area (Å²) in [6, 6.07) is 3.09. The van der Waals surface area contributed by atoms with Gasteiger partial charge < -0.3 is 25.7 Å². The van der Waals surface area contributed by atoms with Crippen LogP contribution in [0.25, 0.3) is 5.82 Å². The summed E-state index contributed by atoms with van der Waals surface area (Å²) in [5.74, 6) is 0.172. The maximum absolute atomic E-state index is 13.1. The number of fused-ring (bicyclic) bond motifs is 1. The largest absolute Gasteiger partial charge is 0.474 e. The zero-order chi connectivity index (χ0) is 23.7. The summed E-state index contributed by atoms with van der Waals surface area (Å²) in [6.07, 6.45) is 7.43. The fourth-order valence-corrected chi connectivity index (χ4v) is 3.71. The van der Waals surface area contributed by atoms with E-state index in [9.17, 15) is 9.59 Å². The molecule has 0 radical (unpaired) electrons. The van der Waals surface area contributed by atoms with Crippen LogP contribution >= 0.6 is 11.6 Å². The number of ether oxygens (including phenoxy) is 1. The highest BCUT2D eigenvalue weighted by Gasteiger charge is 2.20. The van der Waals surface area contributed by atoms with Gasteiger partial charge in [-0.3, -0.25) is 9.59 Å². The molecule has 0 bridgehead atoms. The maximum Gasteiger partial charge on any atom is 0.263 e. The molecule has 172 valence electrons. The number of pyridine rings is 3. The van der Waals surface area contributed by atoms with E-state index in [4.69, 9.17) is 16.3 Å². The number of halogens is 1. The van der Waals surface area contributed by atoms with Gasteiger partial charge in [0.15, 0.2) is 5.82 Å². The van der Waals surface area contributed by atoms with E-state index in [0.717, 1.165) is 11.3 Å². The molecule has 1 aliphatic heterocycles. The molecule has 0 saturated carbocycles. The van der Waals surface area contributed by atoms with Gasteiger partial charge in [-0.25, -0.2) is 9.97 Å². The Morgan fingerprint density at radius 2 is 2.03 bits per heavy atom. The molecule has 4 N–H and O–H groups in total. The summed E-state index contributed by atoms with van der Waals surface area (Å²) >= 11 is 6.28. The molecule has 4 aromatic heterocycles. The predicted molar refractivity (Wildman–Crippen MR) is 125 cm³/mol. The van der Waals surface area contributed by atoms with Gasteiger partial charge in [-0.2, -0.15) is 10.2 Å². The first-order valence-corrected chi connectivity index (χ1v) is 10.6. The first-order chi connectivity index (χ1) is 16.5. The van der Waals surface area contributed by atoms with Crippen molar-refractivity contribution < 1.29 is 9.53 Å². The Labute approximate surface area is 197 Å². The Kier molecular flexibility index (Phi) is 5.55. The molecule has 0 aliphatic carbocycles. The van der Waals surface area contributed by atoms with Crippen LogP contribution in [-0.4, -0.2) is 49.0 Å². The number of carbonyl (C=O) groups is 1. The molecule has 34 heavy (non-hydrogen) atoms. The van der Waals surface area contributed by atoms with E-state index in [1.54, 1.807) is 12.3 Å². The third-order valence-corrected chi connectivity index (χ3v) is 5.37. The molecule has 1 aliphatic rings. The van der Waals surface area contributed by atoms with Gasteiger partial charge in [-0.15, -0.1) is 4.80 Å². The van der Waals surface area contributed by atoms with E-state index >= 15 is 0 Å². The topological polar surface area (TPSA) is 152 Å².